The van der Waals surface area contributed by atoms with Gasteiger partial charge in [0.1, 0.15) is 6.10 Å². The average molecular weight is 297 g/mol. The zero-order chi connectivity index (χ0) is 13.9. The van der Waals surface area contributed by atoms with Crippen molar-refractivity contribution in [2.45, 2.75) is 44.8 Å². The van der Waals surface area contributed by atoms with Crippen molar-refractivity contribution < 1.29 is 9.26 Å². The minimum atomic E-state index is 0.0316. The molecule has 0 aromatic carbocycles. The SMILES string of the molecule is CCNC1CSCC1c1nc(C(OCC)C2CC2)no1. The van der Waals surface area contributed by atoms with Crippen molar-refractivity contribution in [1.82, 2.24) is 15.5 Å². The summed E-state index contributed by atoms with van der Waals surface area (Å²) < 4.78 is 11.3. The van der Waals surface area contributed by atoms with E-state index < -0.39 is 0 Å². The second-order valence-electron chi connectivity index (χ2n) is 5.51. The van der Waals surface area contributed by atoms with Gasteiger partial charge in [-0.2, -0.15) is 16.7 Å². The fourth-order valence-electron chi connectivity index (χ4n) is 2.77. The first-order valence-electron chi connectivity index (χ1n) is 7.59. The number of rotatable bonds is 7. The Morgan fingerprint density at radius 1 is 1.40 bits per heavy atom. The van der Waals surface area contributed by atoms with E-state index in [1.807, 2.05) is 18.7 Å². The predicted octanol–water partition coefficient (Wildman–Crippen LogP) is 2.37. The van der Waals surface area contributed by atoms with Crippen LogP contribution in [0.3, 0.4) is 0 Å². The van der Waals surface area contributed by atoms with Crippen LogP contribution in [0.25, 0.3) is 0 Å². The van der Waals surface area contributed by atoms with Crippen LogP contribution in [0, 0.1) is 5.92 Å². The molecule has 3 unspecified atom stereocenters. The van der Waals surface area contributed by atoms with Crippen molar-refractivity contribution in [1.29, 1.82) is 0 Å². The average Bonchev–Trinajstić information content (AvgIpc) is 2.98. The zero-order valence-corrected chi connectivity index (χ0v) is 13.0. The maximum absolute atomic E-state index is 5.80. The largest absolute Gasteiger partial charge is 0.370 e. The lowest BCUT2D eigenvalue weighted by Gasteiger charge is -2.15. The van der Waals surface area contributed by atoms with E-state index in [1.54, 1.807) is 0 Å². The van der Waals surface area contributed by atoms with E-state index >= 15 is 0 Å². The normalized spacial score (nSPS) is 27.9. The van der Waals surface area contributed by atoms with Crippen LogP contribution in [0.1, 0.15) is 50.4 Å². The van der Waals surface area contributed by atoms with Crippen LogP contribution in [0.15, 0.2) is 4.52 Å². The van der Waals surface area contributed by atoms with Gasteiger partial charge < -0.3 is 14.6 Å². The summed E-state index contributed by atoms with van der Waals surface area (Å²) in [7, 11) is 0. The highest BCUT2D eigenvalue weighted by atomic mass is 32.2. The highest BCUT2D eigenvalue weighted by molar-refractivity contribution is 7.99. The molecule has 0 amide bonds. The van der Waals surface area contributed by atoms with Crippen molar-refractivity contribution >= 4 is 11.8 Å². The molecule has 1 aliphatic heterocycles. The lowest BCUT2D eigenvalue weighted by molar-refractivity contribution is 0.0384. The Labute approximate surface area is 124 Å². The monoisotopic (exact) mass is 297 g/mol. The van der Waals surface area contributed by atoms with Crippen LogP contribution in [0.2, 0.25) is 0 Å². The number of nitrogens with zero attached hydrogens (tertiary/aromatic N) is 2. The van der Waals surface area contributed by atoms with E-state index in [1.165, 1.54) is 12.8 Å². The third-order valence-electron chi connectivity index (χ3n) is 3.97. The predicted molar refractivity (Wildman–Crippen MR) is 78.9 cm³/mol. The molecule has 1 saturated carbocycles. The number of ether oxygens (including phenoxy) is 1. The molecule has 1 aliphatic carbocycles. The standard InChI is InChI=1S/C14H23N3O2S/c1-3-15-11-8-20-7-10(11)14-16-13(17-19-14)12(18-4-2)9-5-6-9/h9-12,15H,3-8H2,1-2H3. The van der Waals surface area contributed by atoms with Gasteiger partial charge in [0.15, 0.2) is 0 Å². The summed E-state index contributed by atoms with van der Waals surface area (Å²) >= 11 is 1.95. The lowest BCUT2D eigenvalue weighted by Crippen LogP contribution is -2.34. The molecule has 1 N–H and O–H groups in total. The molecular weight excluding hydrogens is 274 g/mol. The quantitative estimate of drug-likeness (QED) is 0.834. The van der Waals surface area contributed by atoms with E-state index in [0.29, 0.717) is 24.5 Å². The molecule has 1 saturated heterocycles. The van der Waals surface area contributed by atoms with Gasteiger partial charge >= 0.3 is 0 Å². The van der Waals surface area contributed by atoms with E-state index in [2.05, 4.69) is 22.4 Å². The molecule has 5 nitrogen and oxygen atoms in total. The Morgan fingerprint density at radius 2 is 2.25 bits per heavy atom. The van der Waals surface area contributed by atoms with Crippen molar-refractivity contribution in [2.24, 2.45) is 5.92 Å². The maximum Gasteiger partial charge on any atom is 0.232 e. The van der Waals surface area contributed by atoms with Crippen LogP contribution in [0.4, 0.5) is 0 Å². The third-order valence-corrected chi connectivity index (χ3v) is 5.16. The van der Waals surface area contributed by atoms with Gasteiger partial charge in [-0.15, -0.1) is 0 Å². The molecule has 0 radical (unpaired) electrons. The second kappa shape index (κ2) is 6.45. The summed E-state index contributed by atoms with van der Waals surface area (Å²) in [4.78, 5) is 4.65. The van der Waals surface area contributed by atoms with Crippen LogP contribution in [0.5, 0.6) is 0 Å². The van der Waals surface area contributed by atoms with Crippen molar-refractivity contribution in [3.63, 3.8) is 0 Å². The number of thioether (sulfide) groups is 1. The number of nitrogens with one attached hydrogen (secondary N) is 1. The first-order chi connectivity index (χ1) is 9.83. The second-order valence-corrected chi connectivity index (χ2v) is 6.59. The first-order valence-corrected chi connectivity index (χ1v) is 8.75. The fourth-order valence-corrected chi connectivity index (χ4v) is 4.14. The molecule has 20 heavy (non-hydrogen) atoms. The molecule has 1 aromatic rings. The van der Waals surface area contributed by atoms with Crippen molar-refractivity contribution in [3.05, 3.63) is 11.7 Å². The van der Waals surface area contributed by atoms with E-state index in [-0.39, 0.29) is 6.10 Å². The van der Waals surface area contributed by atoms with Crippen LogP contribution >= 0.6 is 11.8 Å². The number of likely N-dealkylation sites (N-methyl/N-ethyl adjacent to an activating group) is 1. The molecule has 1 aromatic heterocycles. The molecule has 0 bridgehead atoms. The first kappa shape index (κ1) is 14.4. The van der Waals surface area contributed by atoms with Gasteiger partial charge in [0.2, 0.25) is 11.7 Å². The minimum Gasteiger partial charge on any atom is -0.370 e. The molecule has 6 heteroatoms. The Hall–Kier alpha value is -0.590. The number of aromatic nitrogens is 2. The summed E-state index contributed by atoms with van der Waals surface area (Å²) in [6.07, 6.45) is 2.46. The number of hydrogen-bond donors (Lipinski definition) is 1. The molecular formula is C14H23N3O2S. The molecule has 2 aliphatic rings. The third kappa shape index (κ3) is 3.02. The summed E-state index contributed by atoms with van der Waals surface area (Å²) in [5, 5.41) is 7.70. The topological polar surface area (TPSA) is 60.2 Å². The highest BCUT2D eigenvalue weighted by Crippen LogP contribution is 2.43. The zero-order valence-electron chi connectivity index (χ0n) is 12.2. The van der Waals surface area contributed by atoms with Gasteiger partial charge in [-0.3, -0.25) is 0 Å². The lowest BCUT2D eigenvalue weighted by atomic mass is 10.0. The molecule has 3 atom stereocenters. The molecule has 3 rings (SSSR count). The summed E-state index contributed by atoms with van der Waals surface area (Å²) in [5.74, 6) is 4.62. The maximum atomic E-state index is 5.80. The van der Waals surface area contributed by atoms with Gasteiger partial charge in [-0.05, 0) is 32.2 Å². The van der Waals surface area contributed by atoms with Gasteiger partial charge in [-0.25, -0.2) is 0 Å². The Balaban J connectivity index is 1.72. The molecule has 112 valence electrons. The molecule has 2 fully saturated rings. The van der Waals surface area contributed by atoms with Gasteiger partial charge in [0, 0.05) is 24.2 Å². The van der Waals surface area contributed by atoms with E-state index in [9.17, 15) is 0 Å². The van der Waals surface area contributed by atoms with Crippen LogP contribution in [-0.4, -0.2) is 40.8 Å². The molecule has 2 heterocycles. The number of hydrogen-bond acceptors (Lipinski definition) is 6. The molecule has 0 spiro atoms. The Morgan fingerprint density at radius 3 is 2.95 bits per heavy atom. The van der Waals surface area contributed by atoms with E-state index in [0.717, 1.165) is 29.8 Å². The van der Waals surface area contributed by atoms with Gasteiger partial charge in [0.05, 0.1) is 5.92 Å². The smallest absolute Gasteiger partial charge is 0.232 e. The van der Waals surface area contributed by atoms with Crippen molar-refractivity contribution in [2.75, 3.05) is 24.7 Å². The van der Waals surface area contributed by atoms with Crippen LogP contribution < -0.4 is 5.32 Å². The summed E-state index contributed by atoms with van der Waals surface area (Å²) in [5.41, 5.74) is 0. The highest BCUT2D eigenvalue weighted by Gasteiger charge is 2.38. The summed E-state index contributed by atoms with van der Waals surface area (Å²) in [6.45, 7) is 5.83. The fraction of sp³-hybridized carbons (Fsp3) is 0.857. The Bertz CT molecular complexity index is 436. The minimum absolute atomic E-state index is 0.0316. The van der Waals surface area contributed by atoms with Crippen molar-refractivity contribution in [3.8, 4) is 0 Å². The summed E-state index contributed by atoms with van der Waals surface area (Å²) in [6, 6.07) is 0.449. The Kier molecular flexibility index (Phi) is 4.63. The van der Waals surface area contributed by atoms with Crippen LogP contribution in [-0.2, 0) is 4.74 Å². The van der Waals surface area contributed by atoms with E-state index in [4.69, 9.17) is 9.26 Å². The van der Waals surface area contributed by atoms with Gasteiger partial charge in [-0.1, -0.05) is 12.1 Å². The van der Waals surface area contributed by atoms with Gasteiger partial charge in [0.25, 0.3) is 0 Å².